The summed E-state index contributed by atoms with van der Waals surface area (Å²) in [6, 6.07) is 12.7. The molecule has 1 aromatic heterocycles. The van der Waals surface area contributed by atoms with E-state index in [4.69, 9.17) is 5.26 Å². The predicted molar refractivity (Wildman–Crippen MR) is 61.5 cm³/mol. The van der Waals surface area contributed by atoms with Crippen LogP contribution >= 0.6 is 0 Å². The SMILES string of the molecule is Cc1ccc(-n2cccc(C#N)c2=O)cc1. The Balaban J connectivity index is 2.62. The Morgan fingerprint density at radius 3 is 2.50 bits per heavy atom. The van der Waals surface area contributed by atoms with Gasteiger partial charge in [0.1, 0.15) is 11.6 Å². The van der Waals surface area contributed by atoms with Crippen LogP contribution in [0.4, 0.5) is 0 Å². The third kappa shape index (κ3) is 1.73. The Labute approximate surface area is 93.2 Å². The molecule has 0 amide bonds. The lowest BCUT2D eigenvalue weighted by Crippen LogP contribution is -2.19. The lowest BCUT2D eigenvalue weighted by atomic mass is 10.2. The summed E-state index contributed by atoms with van der Waals surface area (Å²) < 4.78 is 1.47. The predicted octanol–water partition coefficient (Wildman–Crippen LogP) is 2.02. The molecule has 0 radical (unpaired) electrons. The fraction of sp³-hybridized carbons (Fsp3) is 0.0769. The summed E-state index contributed by atoms with van der Waals surface area (Å²) in [5.41, 5.74) is 1.78. The smallest absolute Gasteiger partial charge is 0.272 e. The molecule has 0 aliphatic carbocycles. The molecule has 3 nitrogen and oxygen atoms in total. The number of pyridine rings is 1. The zero-order valence-electron chi connectivity index (χ0n) is 8.84. The molecular weight excluding hydrogens is 200 g/mol. The molecule has 0 N–H and O–H groups in total. The number of hydrogen-bond acceptors (Lipinski definition) is 2. The van der Waals surface area contributed by atoms with Crippen LogP contribution in [0.3, 0.4) is 0 Å². The van der Waals surface area contributed by atoms with Crippen molar-refractivity contribution >= 4 is 0 Å². The van der Waals surface area contributed by atoms with Gasteiger partial charge in [0.15, 0.2) is 0 Å². The molecule has 0 atom stereocenters. The Morgan fingerprint density at radius 1 is 1.19 bits per heavy atom. The summed E-state index contributed by atoms with van der Waals surface area (Å²) in [6.07, 6.45) is 1.66. The van der Waals surface area contributed by atoms with E-state index in [1.165, 1.54) is 10.6 Å². The van der Waals surface area contributed by atoms with Gasteiger partial charge in [-0.1, -0.05) is 17.7 Å². The van der Waals surface area contributed by atoms with Gasteiger partial charge in [-0.3, -0.25) is 9.36 Å². The van der Waals surface area contributed by atoms with Gasteiger partial charge in [-0.25, -0.2) is 0 Å². The number of benzene rings is 1. The number of aromatic nitrogens is 1. The van der Waals surface area contributed by atoms with Crippen LogP contribution < -0.4 is 5.56 Å². The first kappa shape index (κ1) is 10.2. The summed E-state index contributed by atoms with van der Waals surface area (Å²) in [4.78, 5) is 11.8. The minimum Gasteiger partial charge on any atom is -0.283 e. The Hall–Kier alpha value is -2.34. The van der Waals surface area contributed by atoms with E-state index in [1.807, 2.05) is 37.3 Å². The molecular formula is C13H10N2O. The van der Waals surface area contributed by atoms with Crippen LogP contribution in [0.2, 0.25) is 0 Å². The number of hydrogen-bond donors (Lipinski definition) is 0. The highest BCUT2D eigenvalue weighted by Gasteiger charge is 2.03. The van der Waals surface area contributed by atoms with Gasteiger partial charge in [-0.05, 0) is 31.2 Å². The summed E-state index contributed by atoms with van der Waals surface area (Å²) in [5, 5.41) is 8.77. The normalized spacial score (nSPS) is 9.75. The van der Waals surface area contributed by atoms with Crippen molar-refractivity contribution in [3.8, 4) is 11.8 Å². The maximum Gasteiger partial charge on any atom is 0.272 e. The summed E-state index contributed by atoms with van der Waals surface area (Å²) in [7, 11) is 0. The molecule has 2 aromatic rings. The average Bonchev–Trinajstić information content (AvgIpc) is 2.31. The third-order valence-corrected chi connectivity index (χ3v) is 2.38. The van der Waals surface area contributed by atoms with E-state index in [0.29, 0.717) is 0 Å². The van der Waals surface area contributed by atoms with Crippen LogP contribution in [0.1, 0.15) is 11.1 Å². The van der Waals surface area contributed by atoms with E-state index >= 15 is 0 Å². The van der Waals surface area contributed by atoms with Gasteiger partial charge in [0, 0.05) is 11.9 Å². The second kappa shape index (κ2) is 4.03. The second-order valence-corrected chi connectivity index (χ2v) is 3.54. The topological polar surface area (TPSA) is 45.8 Å². The van der Waals surface area contributed by atoms with E-state index < -0.39 is 0 Å². The van der Waals surface area contributed by atoms with Crippen LogP contribution in [0.15, 0.2) is 47.4 Å². The van der Waals surface area contributed by atoms with Crippen molar-refractivity contribution in [2.24, 2.45) is 0 Å². The molecule has 0 saturated heterocycles. The monoisotopic (exact) mass is 210 g/mol. The molecule has 3 heteroatoms. The quantitative estimate of drug-likeness (QED) is 0.722. The van der Waals surface area contributed by atoms with Crippen molar-refractivity contribution in [2.45, 2.75) is 6.92 Å². The summed E-state index contributed by atoms with van der Waals surface area (Å²) in [5.74, 6) is 0. The highest BCUT2D eigenvalue weighted by molar-refractivity contribution is 5.37. The first-order chi connectivity index (χ1) is 7.72. The Bertz CT molecular complexity index is 603. The average molecular weight is 210 g/mol. The fourth-order valence-corrected chi connectivity index (χ4v) is 1.49. The molecule has 0 unspecified atom stereocenters. The highest BCUT2D eigenvalue weighted by Crippen LogP contribution is 2.07. The van der Waals surface area contributed by atoms with Crippen molar-refractivity contribution in [1.29, 1.82) is 5.26 Å². The van der Waals surface area contributed by atoms with Crippen molar-refractivity contribution < 1.29 is 0 Å². The van der Waals surface area contributed by atoms with E-state index in [0.717, 1.165) is 11.3 Å². The second-order valence-electron chi connectivity index (χ2n) is 3.54. The number of rotatable bonds is 1. The molecule has 0 saturated carbocycles. The van der Waals surface area contributed by atoms with Gasteiger partial charge in [-0.2, -0.15) is 5.26 Å². The van der Waals surface area contributed by atoms with Crippen LogP contribution in [0.5, 0.6) is 0 Å². The van der Waals surface area contributed by atoms with Crippen molar-refractivity contribution in [3.63, 3.8) is 0 Å². The standard InChI is InChI=1S/C13H10N2O/c1-10-4-6-12(7-5-10)15-8-2-3-11(9-14)13(15)16/h2-8H,1H3. The lowest BCUT2D eigenvalue weighted by Gasteiger charge is -2.05. The molecule has 1 aromatic carbocycles. The molecule has 0 bridgehead atoms. The number of nitriles is 1. The summed E-state index contributed by atoms with van der Waals surface area (Å²) >= 11 is 0. The van der Waals surface area contributed by atoms with Gasteiger partial charge >= 0.3 is 0 Å². The van der Waals surface area contributed by atoms with Gasteiger partial charge in [0.05, 0.1) is 0 Å². The maximum absolute atomic E-state index is 11.8. The van der Waals surface area contributed by atoms with Crippen LogP contribution in [-0.4, -0.2) is 4.57 Å². The third-order valence-electron chi connectivity index (χ3n) is 2.38. The first-order valence-corrected chi connectivity index (χ1v) is 4.91. The Morgan fingerprint density at radius 2 is 1.88 bits per heavy atom. The molecule has 0 fully saturated rings. The molecule has 0 spiro atoms. The van der Waals surface area contributed by atoms with E-state index in [-0.39, 0.29) is 11.1 Å². The van der Waals surface area contributed by atoms with Crippen molar-refractivity contribution in [1.82, 2.24) is 4.57 Å². The molecule has 16 heavy (non-hydrogen) atoms. The fourth-order valence-electron chi connectivity index (χ4n) is 1.49. The van der Waals surface area contributed by atoms with Crippen molar-refractivity contribution in [2.75, 3.05) is 0 Å². The van der Waals surface area contributed by atoms with Gasteiger partial charge < -0.3 is 0 Å². The zero-order chi connectivity index (χ0) is 11.5. The maximum atomic E-state index is 11.8. The number of aryl methyl sites for hydroxylation is 1. The van der Waals surface area contributed by atoms with Gasteiger partial charge in [-0.15, -0.1) is 0 Å². The minimum absolute atomic E-state index is 0.156. The molecule has 0 aliphatic heterocycles. The number of nitrogens with zero attached hydrogens (tertiary/aromatic N) is 2. The molecule has 1 heterocycles. The van der Waals surface area contributed by atoms with Crippen LogP contribution in [0.25, 0.3) is 5.69 Å². The van der Waals surface area contributed by atoms with Crippen LogP contribution in [0, 0.1) is 18.3 Å². The zero-order valence-corrected chi connectivity index (χ0v) is 8.84. The van der Waals surface area contributed by atoms with Crippen LogP contribution in [-0.2, 0) is 0 Å². The molecule has 78 valence electrons. The lowest BCUT2D eigenvalue weighted by molar-refractivity contribution is 0.981. The molecule has 0 aliphatic rings. The largest absolute Gasteiger partial charge is 0.283 e. The van der Waals surface area contributed by atoms with E-state index in [1.54, 1.807) is 12.3 Å². The van der Waals surface area contributed by atoms with Crippen molar-refractivity contribution in [3.05, 3.63) is 64.1 Å². The van der Waals surface area contributed by atoms with E-state index in [2.05, 4.69) is 0 Å². The first-order valence-electron chi connectivity index (χ1n) is 4.91. The highest BCUT2D eigenvalue weighted by atomic mass is 16.1. The Kier molecular flexibility index (Phi) is 2.57. The summed E-state index contributed by atoms with van der Waals surface area (Å²) in [6.45, 7) is 1.98. The van der Waals surface area contributed by atoms with E-state index in [9.17, 15) is 4.79 Å². The van der Waals surface area contributed by atoms with Gasteiger partial charge in [0.25, 0.3) is 5.56 Å². The molecule has 2 rings (SSSR count). The van der Waals surface area contributed by atoms with Gasteiger partial charge in [0.2, 0.25) is 0 Å². The minimum atomic E-state index is -0.283.